The molecule has 7 nitrogen and oxygen atoms in total. The van der Waals surface area contributed by atoms with E-state index in [2.05, 4.69) is 9.71 Å². The van der Waals surface area contributed by atoms with Gasteiger partial charge in [-0.25, -0.2) is 0 Å². The summed E-state index contributed by atoms with van der Waals surface area (Å²) in [4.78, 5) is 12.5. The second-order valence-electron chi connectivity index (χ2n) is 6.71. The number of aromatic nitrogens is 1. The Hall–Kier alpha value is -2.65. The molecule has 2 aromatic heterocycles. The van der Waals surface area contributed by atoms with Gasteiger partial charge in [-0.2, -0.15) is 8.42 Å². The smallest absolute Gasteiger partial charge is 0.287 e. The molecule has 28 heavy (non-hydrogen) atoms. The highest BCUT2D eigenvalue weighted by atomic mass is 32.2. The van der Waals surface area contributed by atoms with E-state index < -0.39 is 10.0 Å². The van der Waals surface area contributed by atoms with E-state index >= 15 is 0 Å². The van der Waals surface area contributed by atoms with Crippen molar-refractivity contribution in [2.75, 3.05) is 0 Å². The maximum Gasteiger partial charge on any atom is 0.287 e. The van der Waals surface area contributed by atoms with Crippen molar-refractivity contribution in [3.63, 3.8) is 0 Å². The van der Waals surface area contributed by atoms with E-state index in [1.165, 1.54) is 11.3 Å². The summed E-state index contributed by atoms with van der Waals surface area (Å²) < 4.78 is 36.4. The number of hydrogen-bond acceptors (Lipinski definition) is 5. The maximum atomic E-state index is 12.6. The molecule has 0 aliphatic heterocycles. The third-order valence-electron chi connectivity index (χ3n) is 4.30. The molecule has 1 amide bonds. The standard InChI is InChI=1S/C19H19N3O4S2/c1-13-2-7-16(8-3-13)28(24,25)21-19-22(10-11-27-19)12-15-6-9-17(26-15)18(23)20-14-4-5-14/h2-3,6-11,14H,4-5,12H2,1H3,(H,20,23)/b21-19-. The Labute approximate surface area is 166 Å². The minimum atomic E-state index is -3.81. The summed E-state index contributed by atoms with van der Waals surface area (Å²) in [6, 6.07) is 10.2. The van der Waals surface area contributed by atoms with Gasteiger partial charge in [-0.3, -0.25) is 4.79 Å². The molecule has 0 radical (unpaired) electrons. The quantitative estimate of drug-likeness (QED) is 0.667. The summed E-state index contributed by atoms with van der Waals surface area (Å²) in [7, 11) is -3.81. The molecule has 1 N–H and O–H groups in total. The molecule has 1 fully saturated rings. The molecule has 2 heterocycles. The molecule has 4 rings (SSSR count). The number of carbonyl (C=O) groups is 1. The highest BCUT2D eigenvalue weighted by molar-refractivity contribution is 7.90. The predicted octanol–water partition coefficient (Wildman–Crippen LogP) is 2.68. The zero-order valence-electron chi connectivity index (χ0n) is 15.2. The summed E-state index contributed by atoms with van der Waals surface area (Å²) in [6.07, 6.45) is 3.75. The third-order valence-corrected chi connectivity index (χ3v) is 6.49. The summed E-state index contributed by atoms with van der Waals surface area (Å²) >= 11 is 1.22. The van der Waals surface area contributed by atoms with Crippen LogP contribution in [0.2, 0.25) is 0 Å². The topological polar surface area (TPSA) is 93.7 Å². The van der Waals surface area contributed by atoms with Gasteiger partial charge in [-0.1, -0.05) is 17.7 Å². The second-order valence-corrected chi connectivity index (χ2v) is 9.18. The van der Waals surface area contributed by atoms with Gasteiger partial charge in [0.25, 0.3) is 15.9 Å². The Bertz CT molecular complexity index is 1170. The van der Waals surface area contributed by atoms with Crippen molar-refractivity contribution < 1.29 is 17.6 Å². The van der Waals surface area contributed by atoms with Crippen LogP contribution in [0.1, 0.15) is 34.7 Å². The lowest BCUT2D eigenvalue weighted by atomic mass is 10.2. The Morgan fingerprint density at radius 2 is 2.00 bits per heavy atom. The van der Waals surface area contributed by atoms with Crippen LogP contribution in [-0.2, 0) is 16.6 Å². The van der Waals surface area contributed by atoms with Gasteiger partial charge in [0.1, 0.15) is 5.76 Å². The number of aryl methyl sites for hydroxylation is 1. The SMILES string of the molecule is Cc1ccc(S(=O)(=O)/N=c2\sccn2Cc2ccc(C(=O)NC3CC3)o2)cc1. The average molecular weight is 418 g/mol. The normalized spacial score (nSPS) is 15.0. The Morgan fingerprint density at radius 1 is 1.25 bits per heavy atom. The molecule has 146 valence electrons. The van der Waals surface area contributed by atoms with Crippen LogP contribution >= 0.6 is 11.3 Å². The number of furan rings is 1. The van der Waals surface area contributed by atoms with Gasteiger partial charge in [0.05, 0.1) is 11.4 Å². The van der Waals surface area contributed by atoms with E-state index in [-0.39, 0.29) is 29.1 Å². The zero-order valence-corrected chi connectivity index (χ0v) is 16.8. The number of sulfonamides is 1. The van der Waals surface area contributed by atoms with Crippen LogP contribution in [0.5, 0.6) is 0 Å². The van der Waals surface area contributed by atoms with Crippen LogP contribution in [0, 0.1) is 6.92 Å². The number of thiazole rings is 1. The number of nitrogens with zero attached hydrogens (tertiary/aromatic N) is 2. The first-order chi connectivity index (χ1) is 13.4. The molecule has 0 bridgehead atoms. The lowest BCUT2D eigenvalue weighted by molar-refractivity contribution is 0.0921. The van der Waals surface area contributed by atoms with Gasteiger partial charge in [-0.05, 0) is 44.0 Å². The van der Waals surface area contributed by atoms with E-state index in [9.17, 15) is 13.2 Å². The Balaban J connectivity index is 1.56. The number of nitrogens with one attached hydrogen (secondary N) is 1. The maximum absolute atomic E-state index is 12.6. The molecule has 9 heteroatoms. The van der Waals surface area contributed by atoms with Gasteiger partial charge >= 0.3 is 0 Å². The van der Waals surface area contributed by atoms with Gasteiger partial charge in [0.2, 0.25) is 4.80 Å². The monoisotopic (exact) mass is 417 g/mol. The lowest BCUT2D eigenvalue weighted by Crippen LogP contribution is -2.24. The third kappa shape index (κ3) is 4.26. The fourth-order valence-corrected chi connectivity index (χ4v) is 4.55. The number of benzene rings is 1. The highest BCUT2D eigenvalue weighted by Crippen LogP contribution is 2.20. The molecule has 0 unspecified atom stereocenters. The van der Waals surface area contributed by atoms with Crippen molar-refractivity contribution >= 4 is 27.3 Å². The van der Waals surface area contributed by atoms with Crippen LogP contribution in [-0.4, -0.2) is 24.9 Å². The van der Waals surface area contributed by atoms with Crippen molar-refractivity contribution in [1.29, 1.82) is 0 Å². The van der Waals surface area contributed by atoms with Crippen molar-refractivity contribution in [2.45, 2.75) is 37.2 Å². The van der Waals surface area contributed by atoms with Crippen molar-refractivity contribution in [2.24, 2.45) is 4.40 Å². The van der Waals surface area contributed by atoms with Crippen molar-refractivity contribution in [3.05, 3.63) is 69.9 Å². The van der Waals surface area contributed by atoms with Gasteiger partial charge in [0, 0.05) is 17.6 Å². The van der Waals surface area contributed by atoms with E-state index in [1.54, 1.807) is 52.5 Å². The summed E-state index contributed by atoms with van der Waals surface area (Å²) in [5.74, 6) is 0.577. The van der Waals surface area contributed by atoms with Crippen LogP contribution in [0.3, 0.4) is 0 Å². The number of hydrogen-bond donors (Lipinski definition) is 1. The van der Waals surface area contributed by atoms with Gasteiger partial charge < -0.3 is 14.3 Å². The molecular weight excluding hydrogens is 398 g/mol. The molecule has 1 aliphatic rings. The fraction of sp³-hybridized carbons (Fsp3) is 0.263. The second kappa shape index (κ2) is 7.40. The molecule has 0 atom stereocenters. The molecule has 1 saturated carbocycles. The number of amides is 1. The lowest BCUT2D eigenvalue weighted by Gasteiger charge is -2.02. The molecule has 0 spiro atoms. The van der Waals surface area contributed by atoms with E-state index in [4.69, 9.17) is 4.42 Å². The molecule has 0 saturated heterocycles. The van der Waals surface area contributed by atoms with Gasteiger partial charge in [-0.15, -0.1) is 15.7 Å². The first kappa shape index (κ1) is 18.7. The minimum Gasteiger partial charge on any atom is -0.454 e. The van der Waals surface area contributed by atoms with Crippen LogP contribution in [0.4, 0.5) is 0 Å². The number of carbonyl (C=O) groups excluding carboxylic acids is 1. The first-order valence-electron chi connectivity index (χ1n) is 8.82. The summed E-state index contributed by atoms with van der Waals surface area (Å²) in [5.41, 5.74) is 0.976. The Kier molecular flexibility index (Phi) is 4.94. The number of rotatable bonds is 6. The minimum absolute atomic E-state index is 0.148. The highest BCUT2D eigenvalue weighted by Gasteiger charge is 2.25. The predicted molar refractivity (Wildman–Crippen MR) is 105 cm³/mol. The van der Waals surface area contributed by atoms with Crippen LogP contribution in [0.15, 0.2) is 61.7 Å². The summed E-state index contributed by atoms with van der Waals surface area (Å²) in [6.45, 7) is 2.17. The summed E-state index contributed by atoms with van der Waals surface area (Å²) in [5, 5.41) is 4.63. The fourth-order valence-electron chi connectivity index (χ4n) is 2.59. The van der Waals surface area contributed by atoms with E-state index in [0.29, 0.717) is 10.6 Å². The van der Waals surface area contributed by atoms with Crippen molar-refractivity contribution in [3.8, 4) is 0 Å². The van der Waals surface area contributed by atoms with Crippen molar-refractivity contribution in [1.82, 2.24) is 9.88 Å². The van der Waals surface area contributed by atoms with Crippen LogP contribution in [0.25, 0.3) is 0 Å². The van der Waals surface area contributed by atoms with Gasteiger partial charge in [0.15, 0.2) is 5.76 Å². The Morgan fingerprint density at radius 3 is 2.71 bits per heavy atom. The van der Waals surface area contributed by atoms with Crippen LogP contribution < -0.4 is 10.1 Å². The van der Waals surface area contributed by atoms with E-state index in [0.717, 1.165) is 18.4 Å². The molecule has 3 aromatic rings. The largest absolute Gasteiger partial charge is 0.454 e. The molecular formula is C19H19N3O4S2. The molecule has 1 aromatic carbocycles. The average Bonchev–Trinajstić information content (AvgIpc) is 3.17. The first-order valence-corrected chi connectivity index (χ1v) is 11.1. The molecule has 1 aliphatic carbocycles. The van der Waals surface area contributed by atoms with E-state index in [1.807, 2.05) is 6.92 Å². The zero-order chi connectivity index (χ0) is 19.7.